The lowest BCUT2D eigenvalue weighted by atomic mass is 10.2. The SMILES string of the molecule is COC(=O)c1ccc(NC(=O)CN(c2ccc(OC)c(Cl)c2)S(=O)(=O)c2ccc(C)cc2)cc1. The van der Waals surface area contributed by atoms with Crippen LogP contribution < -0.4 is 14.4 Å². The van der Waals surface area contributed by atoms with E-state index in [-0.39, 0.29) is 15.6 Å². The highest BCUT2D eigenvalue weighted by Gasteiger charge is 2.28. The number of anilines is 2. The van der Waals surface area contributed by atoms with Crippen LogP contribution in [0.4, 0.5) is 11.4 Å². The zero-order valence-electron chi connectivity index (χ0n) is 18.7. The van der Waals surface area contributed by atoms with E-state index in [4.69, 9.17) is 16.3 Å². The number of carbonyl (C=O) groups is 2. The number of halogens is 1. The number of hydrogen-bond donors (Lipinski definition) is 1. The van der Waals surface area contributed by atoms with Gasteiger partial charge in [-0.15, -0.1) is 0 Å². The van der Waals surface area contributed by atoms with Gasteiger partial charge in [0.25, 0.3) is 10.0 Å². The minimum absolute atomic E-state index is 0.0280. The van der Waals surface area contributed by atoms with Gasteiger partial charge in [-0.25, -0.2) is 13.2 Å². The molecule has 0 saturated heterocycles. The first-order chi connectivity index (χ1) is 16.1. The summed E-state index contributed by atoms with van der Waals surface area (Å²) in [7, 11) is -1.39. The Morgan fingerprint density at radius 2 is 1.62 bits per heavy atom. The van der Waals surface area contributed by atoms with E-state index in [0.29, 0.717) is 17.0 Å². The van der Waals surface area contributed by atoms with Crippen LogP contribution in [0.15, 0.2) is 71.6 Å². The lowest BCUT2D eigenvalue weighted by Crippen LogP contribution is -2.38. The van der Waals surface area contributed by atoms with Crippen molar-refractivity contribution in [2.75, 3.05) is 30.4 Å². The molecule has 10 heteroatoms. The number of hydrogen-bond acceptors (Lipinski definition) is 6. The van der Waals surface area contributed by atoms with E-state index in [1.807, 2.05) is 6.92 Å². The number of amides is 1. The first-order valence-corrected chi connectivity index (χ1v) is 11.9. The topological polar surface area (TPSA) is 102 Å². The Bertz CT molecular complexity index is 1290. The Morgan fingerprint density at radius 1 is 0.971 bits per heavy atom. The monoisotopic (exact) mass is 502 g/mol. The minimum Gasteiger partial charge on any atom is -0.495 e. The van der Waals surface area contributed by atoms with Crippen LogP contribution in [0.5, 0.6) is 5.75 Å². The van der Waals surface area contributed by atoms with Crippen molar-refractivity contribution in [3.63, 3.8) is 0 Å². The van der Waals surface area contributed by atoms with Crippen molar-refractivity contribution >= 4 is 44.9 Å². The summed E-state index contributed by atoms with van der Waals surface area (Å²) in [6.07, 6.45) is 0. The molecule has 0 heterocycles. The molecule has 1 amide bonds. The lowest BCUT2D eigenvalue weighted by Gasteiger charge is -2.24. The molecule has 8 nitrogen and oxygen atoms in total. The molecule has 3 rings (SSSR count). The number of esters is 1. The van der Waals surface area contributed by atoms with E-state index in [1.165, 1.54) is 68.8 Å². The maximum atomic E-state index is 13.5. The van der Waals surface area contributed by atoms with Crippen LogP contribution in [0, 0.1) is 6.92 Å². The summed E-state index contributed by atoms with van der Waals surface area (Å²) >= 11 is 6.22. The van der Waals surface area contributed by atoms with Crippen LogP contribution in [-0.4, -0.2) is 41.1 Å². The Hall–Kier alpha value is -3.56. The summed E-state index contributed by atoms with van der Waals surface area (Å²) in [5, 5.41) is 2.84. The largest absolute Gasteiger partial charge is 0.495 e. The number of methoxy groups -OCH3 is 2. The molecule has 0 aliphatic rings. The predicted molar refractivity (Wildman–Crippen MR) is 130 cm³/mol. The molecule has 34 heavy (non-hydrogen) atoms. The third-order valence-electron chi connectivity index (χ3n) is 4.91. The van der Waals surface area contributed by atoms with Crippen LogP contribution in [0.1, 0.15) is 15.9 Å². The molecule has 0 aliphatic heterocycles. The number of rotatable bonds is 8. The summed E-state index contributed by atoms with van der Waals surface area (Å²) in [4.78, 5) is 24.5. The second kappa shape index (κ2) is 10.6. The fraction of sp³-hybridized carbons (Fsp3) is 0.167. The minimum atomic E-state index is -4.10. The van der Waals surface area contributed by atoms with Gasteiger partial charge in [0, 0.05) is 5.69 Å². The van der Waals surface area contributed by atoms with Gasteiger partial charge in [0.15, 0.2) is 0 Å². The molecule has 178 valence electrons. The van der Waals surface area contributed by atoms with E-state index >= 15 is 0 Å². The van der Waals surface area contributed by atoms with E-state index in [9.17, 15) is 18.0 Å². The van der Waals surface area contributed by atoms with Gasteiger partial charge < -0.3 is 14.8 Å². The normalized spacial score (nSPS) is 10.9. The summed E-state index contributed by atoms with van der Waals surface area (Å²) in [5.41, 5.74) is 1.80. The maximum absolute atomic E-state index is 13.5. The van der Waals surface area contributed by atoms with Gasteiger partial charge in [0.2, 0.25) is 5.91 Å². The maximum Gasteiger partial charge on any atom is 0.337 e. The number of aryl methyl sites for hydroxylation is 1. The molecule has 3 aromatic rings. The molecular formula is C24H23ClN2O6S. The van der Waals surface area contributed by atoms with E-state index in [0.717, 1.165) is 9.87 Å². The Kier molecular flexibility index (Phi) is 7.80. The number of ether oxygens (including phenoxy) is 2. The van der Waals surface area contributed by atoms with Gasteiger partial charge in [-0.05, 0) is 61.5 Å². The fourth-order valence-electron chi connectivity index (χ4n) is 3.10. The molecular weight excluding hydrogens is 480 g/mol. The van der Waals surface area contributed by atoms with Crippen molar-refractivity contribution in [2.45, 2.75) is 11.8 Å². The first-order valence-electron chi connectivity index (χ1n) is 10.1. The Morgan fingerprint density at radius 3 is 2.18 bits per heavy atom. The second-order valence-electron chi connectivity index (χ2n) is 7.26. The average Bonchev–Trinajstić information content (AvgIpc) is 2.82. The van der Waals surface area contributed by atoms with Gasteiger partial charge in [-0.1, -0.05) is 29.3 Å². The van der Waals surface area contributed by atoms with Crippen LogP contribution >= 0.6 is 11.6 Å². The highest BCUT2D eigenvalue weighted by molar-refractivity contribution is 7.92. The number of nitrogens with zero attached hydrogens (tertiary/aromatic N) is 1. The van der Waals surface area contributed by atoms with Crippen molar-refractivity contribution in [2.24, 2.45) is 0 Å². The van der Waals surface area contributed by atoms with Gasteiger partial charge in [0.05, 0.1) is 35.4 Å². The summed E-state index contributed by atoms with van der Waals surface area (Å²) < 4.78 is 37.7. The van der Waals surface area contributed by atoms with Gasteiger partial charge in [0.1, 0.15) is 12.3 Å². The van der Waals surface area contributed by atoms with Crippen molar-refractivity contribution < 1.29 is 27.5 Å². The highest BCUT2D eigenvalue weighted by Crippen LogP contribution is 2.32. The number of nitrogens with one attached hydrogen (secondary N) is 1. The molecule has 0 spiro atoms. The second-order valence-corrected chi connectivity index (χ2v) is 9.53. The zero-order valence-corrected chi connectivity index (χ0v) is 20.3. The molecule has 0 unspecified atom stereocenters. The molecule has 1 N–H and O–H groups in total. The zero-order chi connectivity index (χ0) is 24.9. The smallest absolute Gasteiger partial charge is 0.337 e. The van der Waals surface area contributed by atoms with Gasteiger partial charge in [-0.2, -0.15) is 0 Å². The first kappa shape index (κ1) is 25.1. The number of sulfonamides is 1. The number of carbonyl (C=O) groups excluding carboxylic acids is 2. The van der Waals surface area contributed by atoms with Crippen molar-refractivity contribution in [3.05, 3.63) is 82.9 Å². The molecule has 0 saturated carbocycles. The molecule has 0 fully saturated rings. The van der Waals surface area contributed by atoms with E-state index in [2.05, 4.69) is 10.1 Å². The molecule has 0 aromatic heterocycles. The van der Waals surface area contributed by atoms with Crippen molar-refractivity contribution in [1.29, 1.82) is 0 Å². The molecule has 3 aromatic carbocycles. The van der Waals surface area contributed by atoms with Gasteiger partial charge >= 0.3 is 5.97 Å². The average molecular weight is 503 g/mol. The van der Waals surface area contributed by atoms with E-state index < -0.39 is 28.4 Å². The quantitative estimate of drug-likeness (QED) is 0.461. The Labute approximate surface area is 203 Å². The van der Waals surface area contributed by atoms with Gasteiger partial charge in [-0.3, -0.25) is 9.10 Å². The predicted octanol–water partition coefficient (Wildman–Crippen LogP) is 4.28. The third kappa shape index (κ3) is 5.67. The number of benzene rings is 3. The van der Waals surface area contributed by atoms with Crippen LogP contribution in [0.2, 0.25) is 5.02 Å². The molecule has 0 radical (unpaired) electrons. The van der Waals surface area contributed by atoms with Crippen LogP contribution in [-0.2, 0) is 19.6 Å². The van der Waals surface area contributed by atoms with Crippen molar-refractivity contribution in [3.8, 4) is 5.75 Å². The molecule has 0 bridgehead atoms. The third-order valence-corrected chi connectivity index (χ3v) is 6.99. The standard InChI is InChI=1S/C24H23ClN2O6S/c1-16-4-11-20(12-5-16)34(30,31)27(19-10-13-22(32-2)21(25)14-19)15-23(28)26-18-8-6-17(7-9-18)24(29)33-3/h4-14H,15H2,1-3H3,(H,26,28). The van der Waals surface area contributed by atoms with Crippen LogP contribution in [0.25, 0.3) is 0 Å². The summed E-state index contributed by atoms with van der Waals surface area (Å²) in [6.45, 7) is 1.33. The fourth-order valence-corrected chi connectivity index (χ4v) is 4.77. The van der Waals surface area contributed by atoms with Crippen molar-refractivity contribution in [1.82, 2.24) is 0 Å². The summed E-state index contributed by atoms with van der Waals surface area (Å²) in [5.74, 6) is -0.730. The molecule has 0 aliphatic carbocycles. The van der Waals surface area contributed by atoms with Crippen LogP contribution in [0.3, 0.4) is 0 Å². The highest BCUT2D eigenvalue weighted by atomic mass is 35.5. The summed E-state index contributed by atoms with van der Waals surface area (Å²) in [6, 6.07) is 16.8. The Balaban J connectivity index is 1.92. The van der Waals surface area contributed by atoms with E-state index in [1.54, 1.807) is 12.1 Å². The molecule has 0 atom stereocenters. The lowest BCUT2D eigenvalue weighted by molar-refractivity contribution is -0.114.